The molecule has 4 aromatic rings. The summed E-state index contributed by atoms with van der Waals surface area (Å²) in [4.78, 5) is 7.66. The zero-order chi connectivity index (χ0) is 18.8. The first-order valence-corrected chi connectivity index (χ1v) is 10.2. The van der Waals surface area contributed by atoms with Crippen LogP contribution in [-0.2, 0) is 0 Å². The molecule has 0 amide bonds. The minimum atomic E-state index is 0.175. The zero-order valence-corrected chi connectivity index (χ0v) is 16.0. The second-order valence-electron chi connectivity index (χ2n) is 7.58. The molecule has 0 bridgehead atoms. The Morgan fingerprint density at radius 3 is 2.46 bits per heavy atom. The number of benzene rings is 3. The van der Waals surface area contributed by atoms with Crippen molar-refractivity contribution < 1.29 is 0 Å². The fourth-order valence-corrected chi connectivity index (χ4v) is 4.31. The first-order chi connectivity index (χ1) is 13.9. The van der Waals surface area contributed by atoms with E-state index < -0.39 is 0 Å². The van der Waals surface area contributed by atoms with Crippen molar-refractivity contribution in [3.63, 3.8) is 0 Å². The minimum Gasteiger partial charge on any atom is -0.315 e. The van der Waals surface area contributed by atoms with Crippen LogP contribution in [0, 0.1) is 0 Å². The van der Waals surface area contributed by atoms with Crippen molar-refractivity contribution in [2.45, 2.75) is 12.5 Å². The van der Waals surface area contributed by atoms with Crippen LogP contribution in [0.4, 0.5) is 0 Å². The van der Waals surface area contributed by atoms with Gasteiger partial charge in [0.05, 0.1) is 17.3 Å². The van der Waals surface area contributed by atoms with Crippen LogP contribution in [0.2, 0.25) is 0 Å². The van der Waals surface area contributed by atoms with E-state index in [4.69, 9.17) is 4.98 Å². The van der Waals surface area contributed by atoms with E-state index in [2.05, 4.69) is 89.1 Å². The molecule has 0 radical (unpaired) electrons. The van der Waals surface area contributed by atoms with Gasteiger partial charge in [-0.3, -0.25) is 9.88 Å². The quantitative estimate of drug-likeness (QED) is 0.565. The van der Waals surface area contributed by atoms with Gasteiger partial charge in [-0.1, -0.05) is 60.7 Å². The number of fused-ring (bicyclic) bond motifs is 2. The summed E-state index contributed by atoms with van der Waals surface area (Å²) in [5, 5.41) is 7.30. The van der Waals surface area contributed by atoms with Crippen molar-refractivity contribution in [2.24, 2.45) is 0 Å². The third-order valence-electron chi connectivity index (χ3n) is 5.73. The molecular weight excluding hydrogens is 342 g/mol. The molecule has 1 saturated heterocycles. The molecule has 1 atom stereocenters. The predicted molar refractivity (Wildman–Crippen MR) is 117 cm³/mol. The lowest BCUT2D eigenvalue weighted by Gasteiger charge is -2.31. The topological polar surface area (TPSA) is 28.2 Å². The highest BCUT2D eigenvalue weighted by Crippen LogP contribution is 2.31. The predicted octanol–water partition coefficient (Wildman–Crippen LogP) is 4.77. The van der Waals surface area contributed by atoms with Gasteiger partial charge in [0.1, 0.15) is 0 Å². The standard InChI is InChI=1S/C25H25N3/c1-2-8-21-18-22(11-10-19(21)6-1)25(28-16-5-14-26-15-17-28)24-13-12-20-7-3-4-9-23(20)27-24/h1-4,6-13,18,25-26H,5,14-17H2. The number of hydrogen-bond donors (Lipinski definition) is 1. The summed E-state index contributed by atoms with van der Waals surface area (Å²) in [6.07, 6.45) is 1.16. The molecule has 140 valence electrons. The van der Waals surface area contributed by atoms with Crippen LogP contribution in [0.15, 0.2) is 78.9 Å². The number of pyridine rings is 1. The fourth-order valence-electron chi connectivity index (χ4n) is 4.31. The van der Waals surface area contributed by atoms with E-state index in [-0.39, 0.29) is 6.04 Å². The first-order valence-electron chi connectivity index (χ1n) is 10.2. The van der Waals surface area contributed by atoms with Gasteiger partial charge in [-0.15, -0.1) is 0 Å². The first kappa shape index (κ1) is 17.4. The fraction of sp³-hybridized carbons (Fsp3) is 0.240. The maximum atomic E-state index is 5.08. The summed E-state index contributed by atoms with van der Waals surface area (Å²) in [6, 6.07) is 28.4. The van der Waals surface area contributed by atoms with E-state index in [1.165, 1.54) is 21.7 Å². The van der Waals surface area contributed by atoms with Gasteiger partial charge in [0.15, 0.2) is 0 Å². The monoisotopic (exact) mass is 367 g/mol. The van der Waals surface area contributed by atoms with E-state index in [0.717, 1.165) is 43.8 Å². The van der Waals surface area contributed by atoms with Gasteiger partial charge in [0.25, 0.3) is 0 Å². The summed E-state index contributed by atoms with van der Waals surface area (Å²) in [6.45, 7) is 4.23. The largest absolute Gasteiger partial charge is 0.315 e. The Morgan fingerprint density at radius 1 is 0.750 bits per heavy atom. The SMILES string of the molecule is c1ccc2cc(C(c3ccc4ccccc4n3)N3CCCNCC3)ccc2c1. The van der Waals surface area contributed by atoms with Crippen LogP contribution in [0.25, 0.3) is 21.7 Å². The highest BCUT2D eigenvalue weighted by Gasteiger charge is 2.24. The number of nitrogens with one attached hydrogen (secondary N) is 1. The summed E-state index contributed by atoms with van der Waals surface area (Å²) < 4.78 is 0. The van der Waals surface area contributed by atoms with E-state index in [0.29, 0.717) is 0 Å². The normalized spacial score (nSPS) is 16.9. The Labute approximate surface area is 166 Å². The van der Waals surface area contributed by atoms with Crippen LogP contribution < -0.4 is 5.32 Å². The van der Waals surface area contributed by atoms with E-state index in [9.17, 15) is 0 Å². The van der Waals surface area contributed by atoms with Crippen molar-refractivity contribution in [1.29, 1.82) is 0 Å². The lowest BCUT2D eigenvalue weighted by Crippen LogP contribution is -2.33. The molecule has 1 aliphatic heterocycles. The second kappa shape index (κ2) is 7.70. The average molecular weight is 367 g/mol. The Kier molecular flexibility index (Phi) is 4.78. The molecule has 2 heterocycles. The molecule has 5 rings (SSSR count). The minimum absolute atomic E-state index is 0.175. The smallest absolute Gasteiger partial charge is 0.0777 e. The van der Waals surface area contributed by atoms with Crippen LogP contribution in [0.1, 0.15) is 23.7 Å². The van der Waals surface area contributed by atoms with Crippen molar-refractivity contribution in [2.75, 3.05) is 26.2 Å². The van der Waals surface area contributed by atoms with Gasteiger partial charge in [0, 0.05) is 25.0 Å². The van der Waals surface area contributed by atoms with E-state index in [1.54, 1.807) is 0 Å². The van der Waals surface area contributed by atoms with Crippen molar-refractivity contribution in [1.82, 2.24) is 15.2 Å². The van der Waals surface area contributed by atoms with E-state index in [1.807, 2.05) is 0 Å². The third kappa shape index (κ3) is 3.39. The summed E-state index contributed by atoms with van der Waals surface area (Å²) in [5.74, 6) is 0. The van der Waals surface area contributed by atoms with Gasteiger partial charge in [-0.2, -0.15) is 0 Å². The molecule has 3 nitrogen and oxygen atoms in total. The molecular formula is C25H25N3. The Hall–Kier alpha value is -2.75. The van der Waals surface area contributed by atoms with Crippen molar-refractivity contribution in [3.8, 4) is 0 Å². The zero-order valence-electron chi connectivity index (χ0n) is 16.0. The van der Waals surface area contributed by atoms with Gasteiger partial charge in [-0.05, 0) is 47.5 Å². The summed E-state index contributed by atoms with van der Waals surface area (Å²) in [5.41, 5.74) is 3.53. The van der Waals surface area contributed by atoms with Gasteiger partial charge in [0.2, 0.25) is 0 Å². The second-order valence-corrected chi connectivity index (χ2v) is 7.58. The summed E-state index contributed by atoms with van der Waals surface area (Å²) >= 11 is 0. The van der Waals surface area contributed by atoms with Crippen LogP contribution >= 0.6 is 0 Å². The highest BCUT2D eigenvalue weighted by molar-refractivity contribution is 5.83. The van der Waals surface area contributed by atoms with Gasteiger partial charge >= 0.3 is 0 Å². The maximum Gasteiger partial charge on any atom is 0.0777 e. The molecule has 1 N–H and O–H groups in total. The molecule has 3 heteroatoms. The lowest BCUT2D eigenvalue weighted by atomic mass is 9.97. The number of hydrogen-bond acceptors (Lipinski definition) is 3. The third-order valence-corrected chi connectivity index (χ3v) is 5.73. The van der Waals surface area contributed by atoms with Crippen LogP contribution in [0.3, 0.4) is 0 Å². The van der Waals surface area contributed by atoms with E-state index >= 15 is 0 Å². The average Bonchev–Trinajstić information content (AvgIpc) is 3.03. The van der Waals surface area contributed by atoms with Crippen molar-refractivity contribution >= 4 is 21.7 Å². The molecule has 0 spiro atoms. The van der Waals surface area contributed by atoms with Crippen LogP contribution in [-0.4, -0.2) is 36.1 Å². The molecule has 0 aliphatic carbocycles. The number of rotatable bonds is 3. The highest BCUT2D eigenvalue weighted by atomic mass is 15.2. The molecule has 3 aromatic carbocycles. The molecule has 28 heavy (non-hydrogen) atoms. The lowest BCUT2D eigenvalue weighted by molar-refractivity contribution is 0.238. The number of nitrogens with zero attached hydrogens (tertiary/aromatic N) is 2. The van der Waals surface area contributed by atoms with Crippen LogP contribution in [0.5, 0.6) is 0 Å². The molecule has 0 saturated carbocycles. The Morgan fingerprint density at radius 2 is 1.54 bits per heavy atom. The van der Waals surface area contributed by atoms with Gasteiger partial charge in [-0.25, -0.2) is 0 Å². The summed E-state index contributed by atoms with van der Waals surface area (Å²) in [7, 11) is 0. The van der Waals surface area contributed by atoms with Crippen molar-refractivity contribution in [3.05, 3.63) is 90.1 Å². The Balaban J connectivity index is 1.64. The molecule has 1 fully saturated rings. The number of aromatic nitrogens is 1. The molecule has 1 aliphatic rings. The van der Waals surface area contributed by atoms with Gasteiger partial charge < -0.3 is 5.32 Å². The molecule has 1 unspecified atom stereocenters. The maximum absolute atomic E-state index is 5.08. The number of para-hydroxylation sites is 1. The molecule has 1 aromatic heterocycles. The Bertz CT molecular complexity index is 1020.